The SMILES string of the molecule is [B]c1ccc(C(C)(C)C)cc1-c1ccc(-c2ccc(O)cc2)cc1. The summed E-state index contributed by atoms with van der Waals surface area (Å²) in [5.41, 5.74) is 6.53. The van der Waals surface area contributed by atoms with Gasteiger partial charge in [0.15, 0.2) is 0 Å². The average Bonchev–Trinajstić information content (AvgIpc) is 2.55. The molecule has 0 aliphatic carbocycles. The van der Waals surface area contributed by atoms with Gasteiger partial charge in [0, 0.05) is 0 Å². The van der Waals surface area contributed by atoms with Gasteiger partial charge in [-0.2, -0.15) is 0 Å². The molecule has 2 radical (unpaired) electrons. The number of phenolic OH excluding ortho intramolecular Hbond substituents is 1. The Bertz CT molecular complexity index is 841. The summed E-state index contributed by atoms with van der Waals surface area (Å²) in [6, 6.07) is 21.9. The van der Waals surface area contributed by atoms with Gasteiger partial charge in [-0.25, -0.2) is 0 Å². The summed E-state index contributed by atoms with van der Waals surface area (Å²) < 4.78 is 0. The number of benzene rings is 3. The largest absolute Gasteiger partial charge is 0.508 e. The van der Waals surface area contributed by atoms with Crippen molar-refractivity contribution in [1.29, 1.82) is 0 Å². The molecule has 24 heavy (non-hydrogen) atoms. The molecule has 0 saturated heterocycles. The van der Waals surface area contributed by atoms with E-state index < -0.39 is 0 Å². The van der Waals surface area contributed by atoms with Gasteiger partial charge in [-0.3, -0.25) is 0 Å². The molecule has 0 aliphatic rings. The van der Waals surface area contributed by atoms with Crippen LogP contribution in [0.1, 0.15) is 26.3 Å². The van der Waals surface area contributed by atoms with Gasteiger partial charge in [0.05, 0.1) is 0 Å². The molecule has 0 unspecified atom stereocenters. The van der Waals surface area contributed by atoms with Crippen molar-refractivity contribution >= 4 is 13.3 Å². The summed E-state index contributed by atoms with van der Waals surface area (Å²) in [5.74, 6) is 0.280. The van der Waals surface area contributed by atoms with Gasteiger partial charge in [-0.15, -0.1) is 0 Å². The second-order valence-electron chi connectivity index (χ2n) is 7.18. The Morgan fingerprint density at radius 2 is 1.21 bits per heavy atom. The summed E-state index contributed by atoms with van der Waals surface area (Å²) in [6.45, 7) is 6.61. The number of aromatic hydroxyl groups is 1. The first-order valence-electron chi connectivity index (χ1n) is 8.14. The van der Waals surface area contributed by atoms with Crippen molar-refractivity contribution in [2.24, 2.45) is 0 Å². The van der Waals surface area contributed by atoms with Gasteiger partial charge in [-0.1, -0.05) is 80.8 Å². The Kier molecular flexibility index (Phi) is 4.23. The van der Waals surface area contributed by atoms with Crippen molar-refractivity contribution in [3.05, 3.63) is 72.3 Å². The molecule has 1 N–H and O–H groups in total. The van der Waals surface area contributed by atoms with Crippen LogP contribution in [0.2, 0.25) is 0 Å². The molecule has 118 valence electrons. The Morgan fingerprint density at radius 3 is 1.75 bits per heavy atom. The van der Waals surface area contributed by atoms with Crippen LogP contribution in [0.3, 0.4) is 0 Å². The standard InChI is InChI=1S/C22H21BO/c1-22(2,3)18-10-13-21(23)20(14-18)17-6-4-15(5-7-17)16-8-11-19(24)12-9-16/h4-14,24H,1-3H3. The van der Waals surface area contributed by atoms with E-state index in [4.69, 9.17) is 7.85 Å². The van der Waals surface area contributed by atoms with Gasteiger partial charge >= 0.3 is 0 Å². The van der Waals surface area contributed by atoms with Crippen LogP contribution < -0.4 is 5.46 Å². The second-order valence-corrected chi connectivity index (χ2v) is 7.18. The molecule has 0 amide bonds. The van der Waals surface area contributed by atoms with Crippen molar-refractivity contribution in [2.45, 2.75) is 26.2 Å². The Balaban J connectivity index is 1.98. The first kappa shape index (κ1) is 16.4. The lowest BCUT2D eigenvalue weighted by atomic mass is 9.80. The third-order valence-corrected chi connectivity index (χ3v) is 4.32. The highest BCUT2D eigenvalue weighted by atomic mass is 16.3. The molecule has 0 aromatic heterocycles. The van der Waals surface area contributed by atoms with E-state index in [-0.39, 0.29) is 11.2 Å². The Labute approximate surface area is 145 Å². The Hall–Kier alpha value is -2.48. The van der Waals surface area contributed by atoms with E-state index >= 15 is 0 Å². The van der Waals surface area contributed by atoms with Crippen molar-refractivity contribution in [1.82, 2.24) is 0 Å². The molecule has 0 bridgehead atoms. The number of rotatable bonds is 2. The van der Waals surface area contributed by atoms with Crippen LogP contribution in [0, 0.1) is 0 Å². The third-order valence-electron chi connectivity index (χ3n) is 4.32. The van der Waals surface area contributed by atoms with Gasteiger partial charge in [0.1, 0.15) is 13.6 Å². The maximum absolute atomic E-state index is 9.40. The molecule has 1 nitrogen and oxygen atoms in total. The summed E-state index contributed by atoms with van der Waals surface area (Å²) in [6.07, 6.45) is 0. The molecular formula is C22H21BO. The molecule has 3 aromatic rings. The first-order valence-corrected chi connectivity index (χ1v) is 8.14. The predicted molar refractivity (Wildman–Crippen MR) is 103 cm³/mol. The summed E-state index contributed by atoms with van der Waals surface area (Å²) in [7, 11) is 6.20. The Morgan fingerprint density at radius 1 is 0.708 bits per heavy atom. The van der Waals surface area contributed by atoms with E-state index in [0.29, 0.717) is 0 Å². The molecule has 0 aliphatic heterocycles. The maximum atomic E-state index is 9.40. The molecule has 0 fully saturated rings. The number of phenols is 1. The van der Waals surface area contributed by atoms with Crippen molar-refractivity contribution in [3.63, 3.8) is 0 Å². The van der Waals surface area contributed by atoms with Crippen LogP contribution in [0.5, 0.6) is 5.75 Å². The summed E-state index contributed by atoms with van der Waals surface area (Å²) in [5, 5.41) is 9.40. The minimum Gasteiger partial charge on any atom is -0.508 e. The van der Waals surface area contributed by atoms with Crippen LogP contribution in [0.4, 0.5) is 0 Å². The minimum atomic E-state index is 0.0917. The monoisotopic (exact) mass is 312 g/mol. The van der Waals surface area contributed by atoms with Gasteiger partial charge in [0.25, 0.3) is 0 Å². The maximum Gasteiger partial charge on any atom is 0.115 e. The van der Waals surface area contributed by atoms with Crippen molar-refractivity contribution in [3.8, 4) is 28.0 Å². The van der Waals surface area contributed by atoms with Crippen LogP contribution in [0.25, 0.3) is 22.3 Å². The average molecular weight is 312 g/mol. The van der Waals surface area contributed by atoms with Gasteiger partial charge < -0.3 is 5.11 Å². The van der Waals surface area contributed by atoms with Gasteiger partial charge in [-0.05, 0) is 45.4 Å². The van der Waals surface area contributed by atoms with E-state index in [1.54, 1.807) is 12.1 Å². The highest BCUT2D eigenvalue weighted by Crippen LogP contribution is 2.28. The minimum absolute atomic E-state index is 0.0917. The van der Waals surface area contributed by atoms with Crippen LogP contribution in [-0.4, -0.2) is 13.0 Å². The highest BCUT2D eigenvalue weighted by Gasteiger charge is 2.15. The molecule has 3 aromatic carbocycles. The fourth-order valence-electron chi connectivity index (χ4n) is 2.77. The van der Waals surface area contributed by atoms with E-state index in [1.807, 2.05) is 18.2 Å². The lowest BCUT2D eigenvalue weighted by molar-refractivity contribution is 0.475. The van der Waals surface area contributed by atoms with Gasteiger partial charge in [0.2, 0.25) is 0 Å². The zero-order valence-corrected chi connectivity index (χ0v) is 14.4. The molecule has 2 heteroatoms. The van der Waals surface area contributed by atoms with Crippen molar-refractivity contribution in [2.75, 3.05) is 0 Å². The highest BCUT2D eigenvalue weighted by molar-refractivity contribution is 6.36. The lowest BCUT2D eigenvalue weighted by Gasteiger charge is -2.21. The predicted octanol–water partition coefficient (Wildman–Crippen LogP) is 4.82. The smallest absolute Gasteiger partial charge is 0.115 e. The molecule has 0 atom stereocenters. The van der Waals surface area contributed by atoms with Crippen LogP contribution >= 0.6 is 0 Å². The van der Waals surface area contributed by atoms with Crippen molar-refractivity contribution < 1.29 is 5.11 Å². The molecule has 0 saturated carbocycles. The fourth-order valence-corrected chi connectivity index (χ4v) is 2.77. The molecule has 0 heterocycles. The summed E-state index contributed by atoms with van der Waals surface area (Å²) in [4.78, 5) is 0. The number of hydrogen-bond acceptors (Lipinski definition) is 1. The quantitative estimate of drug-likeness (QED) is 0.673. The van der Waals surface area contributed by atoms with E-state index in [1.165, 1.54) is 5.56 Å². The lowest BCUT2D eigenvalue weighted by Crippen LogP contribution is -2.15. The topological polar surface area (TPSA) is 20.2 Å². The van der Waals surface area contributed by atoms with E-state index in [2.05, 4.69) is 57.2 Å². The molecule has 0 spiro atoms. The molecule has 3 rings (SSSR count). The van der Waals surface area contributed by atoms with Crippen LogP contribution in [0.15, 0.2) is 66.7 Å². The second kappa shape index (κ2) is 6.20. The normalized spacial score (nSPS) is 11.5. The number of hydrogen-bond donors (Lipinski definition) is 1. The third kappa shape index (κ3) is 3.38. The zero-order chi connectivity index (χ0) is 17.3. The van der Waals surface area contributed by atoms with E-state index in [0.717, 1.165) is 27.7 Å². The fraction of sp³-hybridized carbons (Fsp3) is 0.182. The zero-order valence-electron chi connectivity index (χ0n) is 14.4. The van der Waals surface area contributed by atoms with Crippen LogP contribution in [-0.2, 0) is 5.41 Å². The van der Waals surface area contributed by atoms with E-state index in [9.17, 15) is 5.11 Å². The molecular weight excluding hydrogens is 291 g/mol. The summed E-state index contributed by atoms with van der Waals surface area (Å²) >= 11 is 0. The first-order chi connectivity index (χ1) is 11.3.